The number of hydrogen-bond donors (Lipinski definition) is 0. The Kier molecular flexibility index (Phi) is 21.7. The molecule has 0 aliphatic rings. The lowest BCUT2D eigenvalue weighted by Crippen LogP contribution is -3.00. The number of carbonyl (C=O) groups excluding carboxylic acids is 1. The molecular weight excluding hydrogens is 496 g/mol. The highest BCUT2D eigenvalue weighted by Gasteiger charge is 2.20. The van der Waals surface area contributed by atoms with E-state index < -0.39 is 10.1 Å². The van der Waals surface area contributed by atoms with Crippen molar-refractivity contribution in [1.82, 2.24) is 0 Å². The van der Waals surface area contributed by atoms with Gasteiger partial charge in [-0.1, -0.05) is 17.7 Å². The fourth-order valence-electron chi connectivity index (χ4n) is 2.51. The van der Waals surface area contributed by atoms with Crippen LogP contribution in [0.3, 0.4) is 0 Å². The molecule has 0 fully saturated rings. The summed E-state index contributed by atoms with van der Waals surface area (Å²) in [5, 5.41) is 0. The van der Waals surface area contributed by atoms with E-state index in [0.29, 0.717) is 19.8 Å². The van der Waals surface area contributed by atoms with E-state index in [0.717, 1.165) is 47.4 Å². The van der Waals surface area contributed by atoms with Gasteiger partial charge in [-0.3, -0.25) is 4.79 Å². The second kappa shape index (κ2) is 19.9. The SMILES string of the molecule is CC(=O)OCC[N+](C)(C)C.CC[N+](CC)(CC)COCCOC.Cc1ccc(S(=O)(=O)[O-])cc1.[Cl-]. The first-order valence-electron chi connectivity index (χ1n) is 11.5. The summed E-state index contributed by atoms with van der Waals surface area (Å²) in [5.41, 5.74) is 0.928. The molecule has 0 unspecified atom stereocenters. The van der Waals surface area contributed by atoms with Gasteiger partial charge in [0.1, 0.15) is 23.3 Å². The minimum Gasteiger partial charge on any atom is -1.00 e. The molecule has 0 atom stereocenters. The Morgan fingerprint density at radius 2 is 1.43 bits per heavy atom. The van der Waals surface area contributed by atoms with Crippen LogP contribution >= 0.6 is 0 Å². The molecule has 0 radical (unpaired) electrons. The Bertz CT molecular complexity index is 755. The van der Waals surface area contributed by atoms with Crippen LogP contribution < -0.4 is 12.4 Å². The number of carbonyl (C=O) groups is 1. The number of halogens is 1. The van der Waals surface area contributed by atoms with Crippen molar-refractivity contribution in [2.75, 3.05) is 81.0 Å². The molecule has 208 valence electrons. The number of likely N-dealkylation sites (N-methyl/N-ethyl adjacent to an activating group) is 1. The maximum absolute atomic E-state index is 10.4. The minimum absolute atomic E-state index is 0. The van der Waals surface area contributed by atoms with Crippen LogP contribution in [-0.4, -0.2) is 109 Å². The van der Waals surface area contributed by atoms with E-state index in [2.05, 4.69) is 41.9 Å². The van der Waals surface area contributed by atoms with Gasteiger partial charge in [0.2, 0.25) is 0 Å². The first-order chi connectivity index (χ1) is 15.7. The normalized spacial score (nSPS) is 11.3. The molecule has 0 aliphatic carbocycles. The maximum Gasteiger partial charge on any atom is 0.302 e. The third-order valence-corrected chi connectivity index (χ3v) is 6.04. The number of methoxy groups -OCH3 is 1. The molecule has 0 spiro atoms. The van der Waals surface area contributed by atoms with E-state index >= 15 is 0 Å². The first kappa shape index (κ1) is 38.3. The topological polar surface area (TPSA) is 102 Å². The summed E-state index contributed by atoms with van der Waals surface area (Å²) in [6.45, 7) is 16.9. The van der Waals surface area contributed by atoms with Crippen LogP contribution in [0.25, 0.3) is 0 Å². The van der Waals surface area contributed by atoms with E-state index in [1.54, 1.807) is 19.2 Å². The number of aryl methyl sites for hydroxylation is 1. The van der Waals surface area contributed by atoms with Gasteiger partial charge in [0, 0.05) is 14.0 Å². The summed E-state index contributed by atoms with van der Waals surface area (Å²) in [5.74, 6) is -0.201. The Morgan fingerprint density at radius 3 is 1.77 bits per heavy atom. The first-order valence-corrected chi connectivity index (χ1v) is 12.9. The summed E-state index contributed by atoms with van der Waals surface area (Å²) < 4.78 is 48.3. The van der Waals surface area contributed by atoms with Crippen molar-refractivity contribution < 1.29 is 53.3 Å². The van der Waals surface area contributed by atoms with Crippen molar-refractivity contribution in [2.24, 2.45) is 0 Å². The molecule has 0 aromatic heterocycles. The van der Waals surface area contributed by atoms with Crippen molar-refractivity contribution in [1.29, 1.82) is 0 Å². The number of hydrogen-bond acceptors (Lipinski definition) is 7. The molecule has 0 amide bonds. The van der Waals surface area contributed by atoms with Crippen molar-refractivity contribution in [3.8, 4) is 0 Å². The summed E-state index contributed by atoms with van der Waals surface area (Å²) in [7, 11) is 3.61. The summed E-state index contributed by atoms with van der Waals surface area (Å²) in [6, 6.07) is 5.78. The third kappa shape index (κ3) is 21.7. The largest absolute Gasteiger partial charge is 1.00 e. The molecule has 0 heterocycles. The van der Waals surface area contributed by atoms with Crippen molar-refractivity contribution >= 4 is 16.1 Å². The summed E-state index contributed by atoms with van der Waals surface area (Å²) in [6.07, 6.45) is 0. The molecule has 0 saturated heterocycles. The van der Waals surface area contributed by atoms with Gasteiger partial charge in [-0.05, 0) is 39.8 Å². The molecule has 35 heavy (non-hydrogen) atoms. The number of ether oxygens (including phenoxy) is 3. The lowest BCUT2D eigenvalue weighted by atomic mass is 10.2. The molecule has 0 aliphatic heterocycles. The lowest BCUT2D eigenvalue weighted by molar-refractivity contribution is -0.941. The van der Waals surface area contributed by atoms with Crippen molar-refractivity contribution in [3.63, 3.8) is 0 Å². The summed E-state index contributed by atoms with van der Waals surface area (Å²) >= 11 is 0. The quantitative estimate of drug-likeness (QED) is 0.117. The highest BCUT2D eigenvalue weighted by molar-refractivity contribution is 7.85. The second-order valence-corrected chi connectivity index (χ2v) is 10.3. The van der Waals surface area contributed by atoms with Crippen molar-refractivity contribution in [3.05, 3.63) is 29.8 Å². The van der Waals surface area contributed by atoms with Crippen LogP contribution in [-0.2, 0) is 29.1 Å². The van der Waals surface area contributed by atoms with E-state index in [-0.39, 0.29) is 23.3 Å². The van der Waals surface area contributed by atoms with Gasteiger partial charge in [-0.2, -0.15) is 0 Å². The van der Waals surface area contributed by atoms with Crippen LogP contribution in [0.5, 0.6) is 0 Å². The molecule has 9 nitrogen and oxygen atoms in total. The van der Waals surface area contributed by atoms with Crippen molar-refractivity contribution in [2.45, 2.75) is 39.5 Å². The Labute approximate surface area is 219 Å². The molecule has 0 saturated carbocycles. The average molecular weight is 543 g/mol. The maximum atomic E-state index is 10.4. The third-order valence-electron chi connectivity index (χ3n) is 5.19. The monoisotopic (exact) mass is 542 g/mol. The molecule has 11 heteroatoms. The minimum atomic E-state index is -4.27. The van der Waals surface area contributed by atoms with E-state index in [1.807, 2.05) is 6.92 Å². The molecule has 1 rings (SSSR count). The molecule has 1 aromatic rings. The van der Waals surface area contributed by atoms with E-state index in [9.17, 15) is 17.8 Å². The lowest BCUT2D eigenvalue weighted by Gasteiger charge is -2.34. The van der Waals surface area contributed by atoms with Gasteiger partial charge in [-0.25, -0.2) is 8.42 Å². The van der Waals surface area contributed by atoms with Crippen LogP contribution in [0.2, 0.25) is 0 Å². The van der Waals surface area contributed by atoms with E-state index in [4.69, 9.17) is 14.2 Å². The van der Waals surface area contributed by atoms with E-state index in [1.165, 1.54) is 19.1 Å². The Balaban J connectivity index is -0.000000436. The number of nitrogens with zero attached hydrogens (tertiary/aromatic N) is 2. The number of rotatable bonds is 12. The zero-order chi connectivity index (χ0) is 26.8. The van der Waals surface area contributed by atoms with Gasteiger partial charge < -0.3 is 40.1 Å². The van der Waals surface area contributed by atoms with Gasteiger partial charge in [0.25, 0.3) is 0 Å². The Morgan fingerprint density at radius 1 is 0.943 bits per heavy atom. The predicted molar refractivity (Wildman–Crippen MR) is 133 cm³/mol. The second-order valence-electron chi connectivity index (χ2n) is 8.94. The number of quaternary nitrogens is 2. The zero-order valence-corrected chi connectivity index (χ0v) is 24.6. The number of esters is 1. The van der Waals surface area contributed by atoms with Gasteiger partial charge in [0.15, 0.2) is 6.73 Å². The van der Waals surface area contributed by atoms with Crippen LogP contribution in [0.4, 0.5) is 0 Å². The van der Waals surface area contributed by atoms with Crippen LogP contribution in [0.15, 0.2) is 29.2 Å². The van der Waals surface area contributed by atoms with Gasteiger partial charge in [0.05, 0.1) is 58.9 Å². The standard InChI is InChI=1S/C10H24NO2.C7H16NO2.C7H8O3S.ClH/c1-5-11(6-2,7-3)10-13-9-8-12-4;1-7(9)10-6-5-8(2,3)4;1-6-2-4-7(5-3-6)11(8,9)10;/h5-10H2,1-4H3;5-6H2,1-4H3;2-5H,1H3,(H,8,9,10);1H/q2*+1;;/p-2. The smallest absolute Gasteiger partial charge is 0.302 e. The van der Waals surface area contributed by atoms with Crippen LogP contribution in [0.1, 0.15) is 33.3 Å². The molecule has 1 aromatic carbocycles. The molecular formula is C24H47ClN2O7S. The summed E-state index contributed by atoms with van der Waals surface area (Å²) in [4.78, 5) is 10.1. The van der Waals surface area contributed by atoms with Gasteiger partial charge in [-0.15, -0.1) is 0 Å². The molecule has 0 N–H and O–H groups in total. The highest BCUT2D eigenvalue weighted by Crippen LogP contribution is 2.08. The Hall–Kier alpha value is -1.27. The average Bonchev–Trinajstić information content (AvgIpc) is 2.74. The highest BCUT2D eigenvalue weighted by atomic mass is 35.5. The fourth-order valence-corrected chi connectivity index (χ4v) is 2.98. The predicted octanol–water partition coefficient (Wildman–Crippen LogP) is -0.358. The van der Waals surface area contributed by atoms with Crippen LogP contribution in [0, 0.1) is 6.92 Å². The zero-order valence-electron chi connectivity index (χ0n) is 23.0. The fraction of sp³-hybridized carbons (Fsp3) is 0.708. The van der Waals surface area contributed by atoms with Gasteiger partial charge >= 0.3 is 5.97 Å². The number of benzene rings is 1. The molecule has 0 bridgehead atoms.